The molecule has 1 rings (SSSR count). The van der Waals surface area contributed by atoms with Gasteiger partial charge in [0, 0.05) is 6.04 Å². The molecule has 1 N–H and O–H groups in total. The molecule has 90 valence electrons. The highest BCUT2D eigenvalue weighted by molar-refractivity contribution is 7.91. The van der Waals surface area contributed by atoms with Crippen LogP contribution in [0.5, 0.6) is 0 Å². The van der Waals surface area contributed by atoms with Crippen molar-refractivity contribution < 1.29 is 8.42 Å². The Morgan fingerprint density at radius 2 is 2.13 bits per heavy atom. The first-order valence-electron chi connectivity index (χ1n) is 6.03. The van der Waals surface area contributed by atoms with E-state index in [4.69, 9.17) is 0 Å². The molecule has 0 amide bonds. The van der Waals surface area contributed by atoms with Crippen molar-refractivity contribution in [1.29, 1.82) is 0 Å². The third kappa shape index (κ3) is 4.11. The molecule has 0 saturated carbocycles. The minimum Gasteiger partial charge on any atom is -0.314 e. The molecule has 3 nitrogen and oxygen atoms in total. The highest BCUT2D eigenvalue weighted by atomic mass is 32.2. The Morgan fingerprint density at radius 3 is 2.60 bits per heavy atom. The van der Waals surface area contributed by atoms with E-state index in [1.165, 1.54) is 12.8 Å². The summed E-state index contributed by atoms with van der Waals surface area (Å²) in [5.41, 5.74) is 0. The van der Waals surface area contributed by atoms with E-state index in [-0.39, 0.29) is 0 Å². The molecule has 0 radical (unpaired) electrons. The fourth-order valence-corrected chi connectivity index (χ4v) is 4.21. The normalized spacial score (nSPS) is 26.7. The van der Waals surface area contributed by atoms with Gasteiger partial charge in [-0.3, -0.25) is 0 Å². The second kappa shape index (κ2) is 5.85. The first-order chi connectivity index (χ1) is 7.09. The molecule has 1 heterocycles. The lowest BCUT2D eigenvalue weighted by molar-refractivity contribution is 0.359. The Kier molecular flexibility index (Phi) is 5.06. The van der Waals surface area contributed by atoms with Gasteiger partial charge in [0.1, 0.15) is 0 Å². The third-order valence-corrected chi connectivity index (χ3v) is 4.97. The fraction of sp³-hybridized carbons (Fsp3) is 1.00. The molecule has 0 bridgehead atoms. The zero-order chi connectivity index (χ0) is 11.3. The summed E-state index contributed by atoms with van der Waals surface area (Å²) in [4.78, 5) is 0. The maximum atomic E-state index is 11.4. The molecule has 15 heavy (non-hydrogen) atoms. The average molecular weight is 233 g/mol. The van der Waals surface area contributed by atoms with Crippen LogP contribution in [-0.2, 0) is 9.84 Å². The number of hydrogen-bond acceptors (Lipinski definition) is 3. The van der Waals surface area contributed by atoms with Gasteiger partial charge in [-0.05, 0) is 25.3 Å². The van der Waals surface area contributed by atoms with E-state index >= 15 is 0 Å². The number of nitrogens with one attached hydrogen (secondary N) is 1. The number of sulfone groups is 1. The summed E-state index contributed by atoms with van der Waals surface area (Å²) in [5.74, 6) is 1.14. The van der Waals surface area contributed by atoms with Gasteiger partial charge in [0.25, 0.3) is 0 Å². The summed E-state index contributed by atoms with van der Waals surface area (Å²) in [7, 11) is -2.72. The molecule has 0 aromatic rings. The van der Waals surface area contributed by atoms with Crippen molar-refractivity contribution in [2.24, 2.45) is 5.92 Å². The fourth-order valence-electron chi connectivity index (χ4n) is 2.33. The highest BCUT2D eigenvalue weighted by Gasteiger charge is 2.32. The molecule has 4 heteroatoms. The molecule has 1 aliphatic rings. The highest BCUT2D eigenvalue weighted by Crippen LogP contribution is 2.24. The van der Waals surface area contributed by atoms with E-state index in [1.807, 2.05) is 0 Å². The number of unbranched alkanes of at least 4 members (excludes halogenated alkanes) is 1. The summed E-state index contributed by atoms with van der Waals surface area (Å²) in [6, 6.07) is 0.409. The molecule has 2 atom stereocenters. The SMILES string of the molecule is CCCCC(NCC)C1CCS(=O)(=O)C1. The van der Waals surface area contributed by atoms with Crippen LogP contribution in [0.25, 0.3) is 0 Å². The van der Waals surface area contributed by atoms with E-state index in [2.05, 4.69) is 19.2 Å². The quantitative estimate of drug-likeness (QED) is 0.758. The number of rotatable bonds is 6. The Balaban J connectivity index is 2.49. The minimum absolute atomic E-state index is 0.349. The standard InChI is InChI=1S/C11H23NO2S/c1-3-5-6-11(12-4-2)10-7-8-15(13,14)9-10/h10-12H,3-9H2,1-2H3. The first kappa shape index (κ1) is 13.0. The lowest BCUT2D eigenvalue weighted by Crippen LogP contribution is -2.36. The van der Waals surface area contributed by atoms with Crippen LogP contribution in [0.4, 0.5) is 0 Å². The monoisotopic (exact) mass is 233 g/mol. The summed E-state index contributed by atoms with van der Waals surface area (Å²) >= 11 is 0. The molecule has 1 saturated heterocycles. The summed E-state index contributed by atoms with van der Waals surface area (Å²) in [5, 5.41) is 3.43. The van der Waals surface area contributed by atoms with E-state index < -0.39 is 9.84 Å². The summed E-state index contributed by atoms with van der Waals surface area (Å²) in [6.45, 7) is 5.20. The zero-order valence-corrected chi connectivity index (χ0v) is 10.6. The van der Waals surface area contributed by atoms with Crippen molar-refractivity contribution in [2.45, 2.75) is 45.6 Å². The molecule has 0 aromatic heterocycles. The van der Waals surface area contributed by atoms with Gasteiger partial charge in [-0.25, -0.2) is 8.42 Å². The van der Waals surface area contributed by atoms with Gasteiger partial charge < -0.3 is 5.32 Å². The zero-order valence-electron chi connectivity index (χ0n) is 9.83. The van der Waals surface area contributed by atoms with E-state index in [1.54, 1.807) is 0 Å². The van der Waals surface area contributed by atoms with Crippen LogP contribution in [0.2, 0.25) is 0 Å². The second-order valence-corrected chi connectivity index (χ2v) is 6.70. The van der Waals surface area contributed by atoms with Crippen molar-refractivity contribution in [3.63, 3.8) is 0 Å². The van der Waals surface area contributed by atoms with E-state index in [0.29, 0.717) is 23.5 Å². The molecule has 1 aliphatic heterocycles. The predicted octanol–water partition coefficient (Wildman–Crippen LogP) is 1.59. The minimum atomic E-state index is -2.72. The van der Waals surface area contributed by atoms with Gasteiger partial charge >= 0.3 is 0 Å². The van der Waals surface area contributed by atoms with Gasteiger partial charge in [-0.2, -0.15) is 0 Å². The van der Waals surface area contributed by atoms with Gasteiger partial charge in [0.05, 0.1) is 11.5 Å². The molecule has 0 aromatic carbocycles. The van der Waals surface area contributed by atoms with Crippen molar-refractivity contribution in [3.05, 3.63) is 0 Å². The molecule has 0 spiro atoms. The van der Waals surface area contributed by atoms with Crippen LogP contribution in [0.1, 0.15) is 39.5 Å². The van der Waals surface area contributed by atoms with E-state index in [0.717, 1.165) is 19.4 Å². The average Bonchev–Trinajstić information content (AvgIpc) is 2.53. The van der Waals surface area contributed by atoms with Crippen LogP contribution in [0.15, 0.2) is 0 Å². The van der Waals surface area contributed by atoms with Crippen molar-refractivity contribution >= 4 is 9.84 Å². The predicted molar refractivity (Wildman–Crippen MR) is 63.8 cm³/mol. The van der Waals surface area contributed by atoms with E-state index in [9.17, 15) is 8.42 Å². The van der Waals surface area contributed by atoms with Crippen molar-refractivity contribution in [2.75, 3.05) is 18.1 Å². The van der Waals surface area contributed by atoms with Gasteiger partial charge in [0.15, 0.2) is 9.84 Å². The molecule has 1 fully saturated rings. The van der Waals surface area contributed by atoms with Crippen LogP contribution in [0.3, 0.4) is 0 Å². The summed E-state index contributed by atoms with van der Waals surface area (Å²) in [6.07, 6.45) is 4.34. The van der Waals surface area contributed by atoms with Gasteiger partial charge in [-0.15, -0.1) is 0 Å². The topological polar surface area (TPSA) is 46.2 Å². The third-order valence-electron chi connectivity index (χ3n) is 3.17. The van der Waals surface area contributed by atoms with Crippen molar-refractivity contribution in [3.8, 4) is 0 Å². The molecular weight excluding hydrogens is 210 g/mol. The lowest BCUT2D eigenvalue weighted by atomic mass is 9.94. The molecular formula is C11H23NO2S. The molecule has 2 unspecified atom stereocenters. The van der Waals surface area contributed by atoms with Crippen LogP contribution in [0, 0.1) is 5.92 Å². The summed E-state index contributed by atoms with van der Waals surface area (Å²) < 4.78 is 22.8. The van der Waals surface area contributed by atoms with Gasteiger partial charge in [-0.1, -0.05) is 26.7 Å². The van der Waals surface area contributed by atoms with Crippen LogP contribution in [-0.4, -0.2) is 32.5 Å². The second-order valence-electron chi connectivity index (χ2n) is 4.47. The van der Waals surface area contributed by atoms with Crippen molar-refractivity contribution in [1.82, 2.24) is 5.32 Å². The van der Waals surface area contributed by atoms with Crippen LogP contribution >= 0.6 is 0 Å². The Hall–Kier alpha value is -0.0900. The Labute approximate surface area is 93.6 Å². The lowest BCUT2D eigenvalue weighted by Gasteiger charge is -2.23. The largest absolute Gasteiger partial charge is 0.314 e. The smallest absolute Gasteiger partial charge is 0.150 e. The number of hydrogen-bond donors (Lipinski definition) is 1. The first-order valence-corrected chi connectivity index (χ1v) is 7.85. The van der Waals surface area contributed by atoms with Crippen LogP contribution < -0.4 is 5.32 Å². The van der Waals surface area contributed by atoms with Gasteiger partial charge in [0.2, 0.25) is 0 Å². The molecule has 0 aliphatic carbocycles. The maximum absolute atomic E-state index is 11.4. The Bertz CT molecular complexity index is 274. The maximum Gasteiger partial charge on any atom is 0.150 e. The Morgan fingerprint density at radius 1 is 1.40 bits per heavy atom.